The largest absolute Gasteiger partial charge is 0.389 e. The highest BCUT2D eigenvalue weighted by Crippen LogP contribution is 2.58. The van der Waals surface area contributed by atoms with Crippen LogP contribution < -0.4 is 5.32 Å². The normalized spacial score (nSPS) is 42.5. The van der Waals surface area contributed by atoms with Crippen LogP contribution in [0.3, 0.4) is 0 Å². The van der Waals surface area contributed by atoms with Crippen molar-refractivity contribution >= 4 is 0 Å². The van der Waals surface area contributed by atoms with Crippen molar-refractivity contribution in [3.63, 3.8) is 0 Å². The summed E-state index contributed by atoms with van der Waals surface area (Å²) < 4.78 is 0. The number of fused-ring (bicyclic) bond motifs is 5. The minimum Gasteiger partial charge on any atom is -0.389 e. The van der Waals surface area contributed by atoms with Crippen LogP contribution in [0.2, 0.25) is 0 Å². The Bertz CT molecular complexity index is 299. The van der Waals surface area contributed by atoms with Gasteiger partial charge in [0, 0.05) is 12.6 Å². The van der Waals surface area contributed by atoms with E-state index >= 15 is 0 Å². The molecule has 5 atom stereocenters. The van der Waals surface area contributed by atoms with E-state index in [0.29, 0.717) is 6.04 Å². The van der Waals surface area contributed by atoms with E-state index in [0.717, 1.165) is 43.1 Å². The van der Waals surface area contributed by atoms with Crippen molar-refractivity contribution in [1.29, 1.82) is 0 Å². The average Bonchev–Trinajstić information content (AvgIpc) is 3.07. The van der Waals surface area contributed by atoms with Gasteiger partial charge in [-0.2, -0.15) is 0 Å². The average molecular weight is 251 g/mol. The molecule has 0 aromatic heterocycles. The highest BCUT2D eigenvalue weighted by molar-refractivity contribution is 5.05. The van der Waals surface area contributed by atoms with Crippen LogP contribution in [0.15, 0.2) is 0 Å². The van der Waals surface area contributed by atoms with E-state index in [-0.39, 0.29) is 0 Å². The molecule has 0 amide bonds. The van der Waals surface area contributed by atoms with Crippen LogP contribution in [-0.2, 0) is 0 Å². The monoisotopic (exact) mass is 251 g/mol. The summed E-state index contributed by atoms with van der Waals surface area (Å²) in [5.41, 5.74) is -0.475. The lowest BCUT2D eigenvalue weighted by Gasteiger charge is -2.35. The maximum Gasteiger partial charge on any atom is 0.0766 e. The number of hydrogen-bond donors (Lipinski definition) is 2. The van der Waals surface area contributed by atoms with Crippen LogP contribution in [0.4, 0.5) is 0 Å². The molecule has 0 aromatic rings. The van der Waals surface area contributed by atoms with Crippen molar-refractivity contribution in [2.24, 2.45) is 23.7 Å². The second-order valence-corrected chi connectivity index (χ2v) is 7.07. The lowest BCUT2D eigenvalue weighted by atomic mass is 9.79. The quantitative estimate of drug-likeness (QED) is 0.787. The Labute approximate surface area is 112 Å². The predicted octanol–water partition coefficient (Wildman–Crippen LogP) is 2.95. The fraction of sp³-hybridized carbons (Fsp3) is 1.00. The molecule has 0 aromatic carbocycles. The first-order valence-electron chi connectivity index (χ1n) is 8.12. The molecule has 3 aliphatic rings. The molecule has 3 saturated carbocycles. The zero-order chi connectivity index (χ0) is 12.8. The third-order valence-corrected chi connectivity index (χ3v) is 6.44. The van der Waals surface area contributed by atoms with Gasteiger partial charge in [0.2, 0.25) is 0 Å². The summed E-state index contributed by atoms with van der Waals surface area (Å²) in [5, 5.41) is 14.1. The molecule has 0 spiro atoms. The lowest BCUT2D eigenvalue weighted by molar-refractivity contribution is 0.0258. The molecule has 3 rings (SSSR count). The Morgan fingerprint density at radius 3 is 2.50 bits per heavy atom. The molecule has 0 aliphatic heterocycles. The van der Waals surface area contributed by atoms with E-state index < -0.39 is 5.60 Å². The van der Waals surface area contributed by atoms with Gasteiger partial charge in [0.1, 0.15) is 0 Å². The Kier molecular flexibility index (Phi) is 3.44. The van der Waals surface area contributed by atoms with Crippen LogP contribution in [0.5, 0.6) is 0 Å². The van der Waals surface area contributed by atoms with Gasteiger partial charge in [-0.25, -0.2) is 0 Å². The molecular weight excluding hydrogens is 222 g/mol. The van der Waals surface area contributed by atoms with Crippen LogP contribution in [0.25, 0.3) is 0 Å². The highest BCUT2D eigenvalue weighted by Gasteiger charge is 2.53. The van der Waals surface area contributed by atoms with E-state index in [4.69, 9.17) is 0 Å². The Morgan fingerprint density at radius 1 is 1.06 bits per heavy atom. The van der Waals surface area contributed by atoms with Crippen molar-refractivity contribution < 1.29 is 5.11 Å². The highest BCUT2D eigenvalue weighted by atomic mass is 16.3. The summed E-state index contributed by atoms with van der Waals surface area (Å²) >= 11 is 0. The first kappa shape index (κ1) is 12.9. The van der Waals surface area contributed by atoms with Crippen LogP contribution in [0.1, 0.15) is 58.8 Å². The maximum atomic E-state index is 10.4. The number of aliphatic hydroxyl groups is 1. The molecule has 2 heteroatoms. The zero-order valence-corrected chi connectivity index (χ0v) is 12.0. The minimum absolute atomic E-state index is 0.475. The summed E-state index contributed by atoms with van der Waals surface area (Å²) in [4.78, 5) is 0. The van der Waals surface area contributed by atoms with E-state index in [1.54, 1.807) is 0 Å². The number of rotatable bonds is 5. The van der Waals surface area contributed by atoms with Gasteiger partial charge in [-0.05, 0) is 62.2 Å². The first-order valence-corrected chi connectivity index (χ1v) is 8.12. The fourth-order valence-electron chi connectivity index (χ4n) is 5.12. The molecule has 2 bridgehead atoms. The maximum absolute atomic E-state index is 10.4. The molecule has 0 radical (unpaired) electrons. The Morgan fingerprint density at radius 2 is 1.78 bits per heavy atom. The van der Waals surface area contributed by atoms with Gasteiger partial charge in [-0.1, -0.05) is 20.3 Å². The summed E-state index contributed by atoms with van der Waals surface area (Å²) in [6.07, 6.45) is 9.05. The number of nitrogens with one attached hydrogen (secondary N) is 1. The Balaban J connectivity index is 1.56. The number of hydrogen-bond acceptors (Lipinski definition) is 2. The molecule has 5 unspecified atom stereocenters. The van der Waals surface area contributed by atoms with Gasteiger partial charge in [0.15, 0.2) is 0 Å². The summed E-state index contributed by atoms with van der Waals surface area (Å²) in [6.45, 7) is 4.99. The standard InChI is InChI=1S/C16H29NO/c1-3-16(18,4-2)10-17-15-9-11-8-14(15)13-7-5-6-12(11)13/h11-15,17-18H,3-10H2,1-2H3. The summed E-state index contributed by atoms with van der Waals surface area (Å²) in [7, 11) is 0. The van der Waals surface area contributed by atoms with Crippen molar-refractivity contribution in [1.82, 2.24) is 5.32 Å². The van der Waals surface area contributed by atoms with E-state index in [9.17, 15) is 5.11 Å². The molecule has 3 aliphatic carbocycles. The first-order chi connectivity index (χ1) is 8.67. The molecular formula is C16H29NO. The summed E-state index contributed by atoms with van der Waals surface area (Å²) in [6, 6.07) is 0.707. The zero-order valence-electron chi connectivity index (χ0n) is 12.0. The molecule has 3 fully saturated rings. The molecule has 2 N–H and O–H groups in total. The van der Waals surface area contributed by atoms with E-state index in [1.807, 2.05) is 0 Å². The van der Waals surface area contributed by atoms with Gasteiger partial charge in [-0.3, -0.25) is 0 Å². The Hall–Kier alpha value is -0.0800. The molecule has 18 heavy (non-hydrogen) atoms. The van der Waals surface area contributed by atoms with Crippen molar-refractivity contribution in [2.45, 2.75) is 70.4 Å². The van der Waals surface area contributed by atoms with Crippen LogP contribution in [0, 0.1) is 23.7 Å². The van der Waals surface area contributed by atoms with Gasteiger partial charge in [-0.15, -0.1) is 0 Å². The molecule has 0 heterocycles. The van der Waals surface area contributed by atoms with E-state index in [1.165, 1.54) is 32.1 Å². The third kappa shape index (κ3) is 2.02. The fourth-order valence-corrected chi connectivity index (χ4v) is 5.12. The minimum atomic E-state index is -0.475. The van der Waals surface area contributed by atoms with Crippen molar-refractivity contribution in [2.75, 3.05) is 6.54 Å². The molecule has 2 nitrogen and oxygen atoms in total. The van der Waals surface area contributed by atoms with Crippen LogP contribution in [-0.4, -0.2) is 23.3 Å². The van der Waals surface area contributed by atoms with Crippen molar-refractivity contribution in [3.05, 3.63) is 0 Å². The second-order valence-electron chi connectivity index (χ2n) is 7.07. The smallest absolute Gasteiger partial charge is 0.0766 e. The van der Waals surface area contributed by atoms with Gasteiger partial charge < -0.3 is 10.4 Å². The lowest BCUT2D eigenvalue weighted by Crippen LogP contribution is -2.47. The van der Waals surface area contributed by atoms with E-state index in [2.05, 4.69) is 19.2 Å². The van der Waals surface area contributed by atoms with Gasteiger partial charge in [0.25, 0.3) is 0 Å². The third-order valence-electron chi connectivity index (χ3n) is 6.44. The second kappa shape index (κ2) is 4.79. The molecule has 0 saturated heterocycles. The SMILES string of the molecule is CCC(O)(CC)CNC1CC2CC1C1CCCC21. The molecule has 104 valence electrons. The topological polar surface area (TPSA) is 32.3 Å². The summed E-state index contributed by atoms with van der Waals surface area (Å²) in [5.74, 6) is 4.04. The van der Waals surface area contributed by atoms with Gasteiger partial charge >= 0.3 is 0 Å². The van der Waals surface area contributed by atoms with Crippen molar-refractivity contribution in [3.8, 4) is 0 Å². The predicted molar refractivity (Wildman–Crippen MR) is 74.4 cm³/mol. The van der Waals surface area contributed by atoms with Crippen LogP contribution >= 0.6 is 0 Å². The van der Waals surface area contributed by atoms with Gasteiger partial charge in [0.05, 0.1) is 5.60 Å².